The molecule has 1 heterocycles. The average molecular weight is 154 g/mol. The Morgan fingerprint density at radius 2 is 2.36 bits per heavy atom. The van der Waals surface area contributed by atoms with Gasteiger partial charge in [-0.05, 0) is 19.3 Å². The topological polar surface area (TPSA) is 41.1 Å². The van der Waals surface area contributed by atoms with E-state index in [1.54, 1.807) is 0 Å². The first-order valence-electron chi connectivity index (χ1n) is 4.31. The van der Waals surface area contributed by atoms with Gasteiger partial charge in [0.2, 0.25) is 5.91 Å². The summed E-state index contributed by atoms with van der Waals surface area (Å²) in [5.74, 6) is 0.191. The molecular formula is C8H14N2O. The first-order chi connectivity index (χ1) is 5.26. The molecule has 1 saturated heterocycles. The standard InChI is InChI=1S/C8H14N2O/c1-2-6-7(11)10-8(3-4-8)5-9-6/h6,9H,2-5H2,1H3,(H,10,11). The van der Waals surface area contributed by atoms with Gasteiger partial charge in [0.1, 0.15) is 0 Å². The largest absolute Gasteiger partial charge is 0.348 e. The van der Waals surface area contributed by atoms with Crippen molar-refractivity contribution in [3.05, 3.63) is 0 Å². The number of carbonyl (C=O) groups excluding carboxylic acids is 1. The van der Waals surface area contributed by atoms with Gasteiger partial charge in [0.15, 0.2) is 0 Å². The quantitative estimate of drug-likeness (QED) is 0.559. The molecule has 0 aromatic rings. The van der Waals surface area contributed by atoms with Crippen LogP contribution in [0.4, 0.5) is 0 Å². The van der Waals surface area contributed by atoms with Gasteiger partial charge in [-0.3, -0.25) is 4.79 Å². The number of piperazine rings is 1. The molecule has 1 atom stereocenters. The summed E-state index contributed by atoms with van der Waals surface area (Å²) in [6, 6.07) is 0.0567. The summed E-state index contributed by atoms with van der Waals surface area (Å²) in [7, 11) is 0. The molecule has 1 spiro atoms. The minimum absolute atomic E-state index is 0.0567. The molecule has 11 heavy (non-hydrogen) atoms. The summed E-state index contributed by atoms with van der Waals surface area (Å²) in [4.78, 5) is 11.3. The second-order valence-corrected chi connectivity index (χ2v) is 3.61. The van der Waals surface area contributed by atoms with Crippen molar-refractivity contribution in [1.29, 1.82) is 0 Å². The number of hydrogen-bond donors (Lipinski definition) is 2. The van der Waals surface area contributed by atoms with E-state index in [0.29, 0.717) is 0 Å². The molecule has 1 unspecified atom stereocenters. The molecule has 1 aliphatic heterocycles. The Balaban J connectivity index is 1.99. The van der Waals surface area contributed by atoms with E-state index >= 15 is 0 Å². The number of nitrogens with one attached hydrogen (secondary N) is 2. The van der Waals surface area contributed by atoms with E-state index in [-0.39, 0.29) is 17.5 Å². The molecule has 1 amide bonds. The Kier molecular flexibility index (Phi) is 1.42. The maximum Gasteiger partial charge on any atom is 0.237 e. The fraction of sp³-hybridized carbons (Fsp3) is 0.875. The van der Waals surface area contributed by atoms with Crippen molar-refractivity contribution in [2.24, 2.45) is 0 Å². The van der Waals surface area contributed by atoms with Gasteiger partial charge in [0.05, 0.1) is 11.6 Å². The molecule has 2 aliphatic rings. The second kappa shape index (κ2) is 2.21. The fourth-order valence-electron chi connectivity index (χ4n) is 1.59. The molecule has 62 valence electrons. The lowest BCUT2D eigenvalue weighted by Gasteiger charge is -2.29. The highest BCUT2D eigenvalue weighted by Crippen LogP contribution is 2.36. The average Bonchev–Trinajstić information content (AvgIpc) is 2.70. The van der Waals surface area contributed by atoms with E-state index in [1.165, 1.54) is 0 Å². The van der Waals surface area contributed by atoms with Crippen LogP contribution in [-0.2, 0) is 4.79 Å². The lowest BCUT2D eigenvalue weighted by molar-refractivity contribution is -0.125. The third-order valence-corrected chi connectivity index (χ3v) is 2.65. The van der Waals surface area contributed by atoms with Crippen LogP contribution in [0.2, 0.25) is 0 Å². The smallest absolute Gasteiger partial charge is 0.237 e. The maximum atomic E-state index is 11.3. The molecule has 1 saturated carbocycles. The Morgan fingerprint density at radius 1 is 1.64 bits per heavy atom. The monoisotopic (exact) mass is 154 g/mol. The van der Waals surface area contributed by atoms with E-state index in [4.69, 9.17) is 0 Å². The van der Waals surface area contributed by atoms with Crippen LogP contribution in [0.25, 0.3) is 0 Å². The first-order valence-corrected chi connectivity index (χ1v) is 4.31. The number of rotatable bonds is 1. The highest BCUT2D eigenvalue weighted by Gasteiger charge is 2.47. The molecule has 2 fully saturated rings. The summed E-state index contributed by atoms with van der Waals surface area (Å²) < 4.78 is 0. The molecule has 0 bridgehead atoms. The van der Waals surface area contributed by atoms with Crippen LogP contribution in [-0.4, -0.2) is 24.0 Å². The van der Waals surface area contributed by atoms with Crippen LogP contribution in [0.5, 0.6) is 0 Å². The van der Waals surface area contributed by atoms with Crippen molar-refractivity contribution in [2.75, 3.05) is 6.54 Å². The van der Waals surface area contributed by atoms with Crippen molar-refractivity contribution >= 4 is 5.91 Å². The van der Waals surface area contributed by atoms with Crippen molar-refractivity contribution in [3.8, 4) is 0 Å². The molecule has 2 N–H and O–H groups in total. The number of amides is 1. The number of hydrogen-bond acceptors (Lipinski definition) is 2. The summed E-state index contributed by atoms with van der Waals surface area (Å²) >= 11 is 0. The van der Waals surface area contributed by atoms with E-state index in [9.17, 15) is 4.79 Å². The van der Waals surface area contributed by atoms with Crippen molar-refractivity contribution in [2.45, 2.75) is 37.8 Å². The van der Waals surface area contributed by atoms with Gasteiger partial charge in [-0.1, -0.05) is 6.92 Å². The molecule has 1 aliphatic carbocycles. The molecule has 3 nitrogen and oxygen atoms in total. The van der Waals surface area contributed by atoms with Gasteiger partial charge in [0.25, 0.3) is 0 Å². The lowest BCUT2D eigenvalue weighted by Crippen LogP contribution is -2.59. The van der Waals surface area contributed by atoms with E-state index < -0.39 is 0 Å². The van der Waals surface area contributed by atoms with Gasteiger partial charge in [-0.15, -0.1) is 0 Å². The van der Waals surface area contributed by atoms with Crippen LogP contribution in [0.1, 0.15) is 26.2 Å². The van der Waals surface area contributed by atoms with Crippen LogP contribution in [0.3, 0.4) is 0 Å². The number of carbonyl (C=O) groups is 1. The van der Waals surface area contributed by atoms with Crippen molar-refractivity contribution in [1.82, 2.24) is 10.6 Å². The lowest BCUT2D eigenvalue weighted by atomic mass is 10.1. The first kappa shape index (κ1) is 7.10. The Labute approximate surface area is 66.5 Å². The van der Waals surface area contributed by atoms with E-state index in [1.807, 2.05) is 6.92 Å². The van der Waals surface area contributed by atoms with Crippen molar-refractivity contribution in [3.63, 3.8) is 0 Å². The predicted octanol–water partition coefficient (Wildman–Crippen LogP) is 0.0170. The van der Waals surface area contributed by atoms with Gasteiger partial charge < -0.3 is 10.6 Å². The highest BCUT2D eigenvalue weighted by molar-refractivity contribution is 5.83. The SMILES string of the molecule is CCC1NCC2(CC2)NC1=O. The van der Waals surface area contributed by atoms with Crippen molar-refractivity contribution < 1.29 is 4.79 Å². The van der Waals surface area contributed by atoms with Crippen LogP contribution in [0, 0.1) is 0 Å². The fourth-order valence-corrected chi connectivity index (χ4v) is 1.59. The Bertz CT molecular complexity index is 187. The van der Waals surface area contributed by atoms with Gasteiger partial charge >= 0.3 is 0 Å². The summed E-state index contributed by atoms with van der Waals surface area (Å²) in [6.07, 6.45) is 3.20. The van der Waals surface area contributed by atoms with Gasteiger partial charge in [-0.2, -0.15) is 0 Å². The zero-order valence-corrected chi connectivity index (χ0v) is 6.81. The summed E-state index contributed by atoms with van der Waals surface area (Å²) in [5.41, 5.74) is 0.169. The highest BCUT2D eigenvalue weighted by atomic mass is 16.2. The second-order valence-electron chi connectivity index (χ2n) is 3.61. The Morgan fingerprint density at radius 3 is 2.82 bits per heavy atom. The predicted molar refractivity (Wildman–Crippen MR) is 42.2 cm³/mol. The van der Waals surface area contributed by atoms with Crippen LogP contribution in [0.15, 0.2) is 0 Å². The molecule has 3 heteroatoms. The third kappa shape index (κ3) is 1.13. The molecular weight excluding hydrogens is 140 g/mol. The zero-order chi connectivity index (χ0) is 7.90. The molecule has 0 radical (unpaired) electrons. The van der Waals surface area contributed by atoms with Crippen LogP contribution < -0.4 is 10.6 Å². The third-order valence-electron chi connectivity index (χ3n) is 2.65. The summed E-state index contributed by atoms with van der Waals surface area (Å²) in [6.45, 7) is 3.00. The molecule has 0 aromatic heterocycles. The normalized spacial score (nSPS) is 33.5. The minimum Gasteiger partial charge on any atom is -0.348 e. The summed E-state index contributed by atoms with van der Waals surface area (Å²) in [5, 5.41) is 6.33. The Hall–Kier alpha value is -0.570. The minimum atomic E-state index is 0.0567. The van der Waals surface area contributed by atoms with E-state index in [2.05, 4.69) is 10.6 Å². The maximum absolute atomic E-state index is 11.3. The van der Waals surface area contributed by atoms with Gasteiger partial charge in [-0.25, -0.2) is 0 Å². The molecule has 2 rings (SSSR count). The van der Waals surface area contributed by atoms with E-state index in [0.717, 1.165) is 25.8 Å². The zero-order valence-electron chi connectivity index (χ0n) is 6.81. The van der Waals surface area contributed by atoms with Gasteiger partial charge in [0, 0.05) is 6.54 Å². The molecule has 0 aromatic carbocycles. The van der Waals surface area contributed by atoms with Crippen LogP contribution >= 0.6 is 0 Å².